The van der Waals surface area contributed by atoms with Gasteiger partial charge in [-0.2, -0.15) is 0 Å². The van der Waals surface area contributed by atoms with Gasteiger partial charge in [-0.15, -0.1) is 0 Å². The number of carbonyl (C=O) groups is 1. The summed E-state index contributed by atoms with van der Waals surface area (Å²) in [4.78, 5) is 10.6. The second kappa shape index (κ2) is 15.4. The van der Waals surface area contributed by atoms with Crippen LogP contribution in [0.1, 0.15) is 77.0 Å². The van der Waals surface area contributed by atoms with E-state index in [-0.39, 0.29) is 5.91 Å². The first kappa shape index (κ1) is 22.8. The molecule has 0 fully saturated rings. The van der Waals surface area contributed by atoms with Crippen LogP contribution in [-0.4, -0.2) is 9.70 Å². The van der Waals surface area contributed by atoms with E-state index in [1.54, 1.807) is 0 Å². The second-order valence-electron chi connectivity index (χ2n) is 5.81. The van der Waals surface area contributed by atoms with E-state index in [2.05, 4.69) is 24.3 Å². The first-order valence-corrected chi connectivity index (χ1v) is 9.70. The van der Waals surface area contributed by atoms with Gasteiger partial charge in [-0.1, -0.05) is 78.4 Å². The fraction of sp³-hybridized carbons (Fsp3) is 0.722. The Morgan fingerprint density at radius 1 is 0.783 bits per heavy atom. The van der Waals surface area contributed by atoms with Crippen LogP contribution in [0.3, 0.4) is 0 Å². The minimum atomic E-state index is -1.10. The molecule has 0 aliphatic rings. The van der Waals surface area contributed by atoms with Crippen LogP contribution in [0.2, 0.25) is 0 Å². The molecule has 1 amide bonds. The molecule has 0 aromatic carbocycles. The number of carbonyl (C=O) groups excluding carboxylic acids is 1. The van der Waals surface area contributed by atoms with Crippen LogP contribution in [0.25, 0.3) is 0 Å². The second-order valence-corrected chi connectivity index (χ2v) is 8.33. The average molecular weight is 383 g/mol. The van der Waals surface area contributed by atoms with E-state index < -0.39 is 3.79 Å². The number of hydrogen-bond donors (Lipinski definition) is 1. The predicted octanol–water partition coefficient (Wildman–Crippen LogP) is 6.64. The summed E-state index contributed by atoms with van der Waals surface area (Å²) >= 11 is 17.1. The van der Waals surface area contributed by atoms with Crippen molar-refractivity contribution in [1.29, 1.82) is 0 Å². The van der Waals surface area contributed by atoms with Crippen molar-refractivity contribution in [2.75, 3.05) is 0 Å². The molecule has 0 unspecified atom stereocenters. The van der Waals surface area contributed by atoms with E-state index in [1.807, 2.05) is 0 Å². The highest BCUT2D eigenvalue weighted by Crippen LogP contribution is 2.31. The maximum Gasteiger partial charge on any atom is 0.217 e. The molecule has 0 aromatic heterocycles. The number of halogens is 3. The van der Waals surface area contributed by atoms with Crippen molar-refractivity contribution in [3.8, 4) is 0 Å². The molecule has 0 aromatic rings. The van der Waals surface area contributed by atoms with E-state index in [0.29, 0.717) is 12.8 Å². The fourth-order valence-electron chi connectivity index (χ4n) is 2.19. The van der Waals surface area contributed by atoms with Crippen molar-refractivity contribution in [2.45, 2.75) is 80.8 Å². The van der Waals surface area contributed by atoms with Gasteiger partial charge >= 0.3 is 0 Å². The zero-order chi connectivity index (χ0) is 17.4. The predicted molar refractivity (Wildman–Crippen MR) is 103 cm³/mol. The highest BCUT2D eigenvalue weighted by Gasteiger charge is 2.17. The number of alkyl halides is 3. The molecule has 134 valence electrons. The topological polar surface area (TPSA) is 43.1 Å². The number of rotatable bonds is 14. The lowest BCUT2D eigenvalue weighted by Crippen LogP contribution is -2.09. The Kier molecular flexibility index (Phi) is 15.2. The third-order valence-electron chi connectivity index (χ3n) is 3.48. The van der Waals surface area contributed by atoms with Crippen LogP contribution in [0.4, 0.5) is 0 Å². The average Bonchev–Trinajstić information content (AvgIpc) is 2.45. The van der Waals surface area contributed by atoms with Crippen LogP contribution in [0.15, 0.2) is 24.3 Å². The third kappa shape index (κ3) is 21.8. The highest BCUT2D eigenvalue weighted by molar-refractivity contribution is 6.67. The first-order chi connectivity index (χ1) is 10.9. The van der Waals surface area contributed by atoms with Crippen LogP contribution >= 0.6 is 34.8 Å². The molecule has 0 bridgehead atoms. The Morgan fingerprint density at radius 2 is 1.30 bits per heavy atom. The summed E-state index contributed by atoms with van der Waals surface area (Å²) in [7, 11) is 0. The van der Waals surface area contributed by atoms with Gasteiger partial charge in [0.1, 0.15) is 0 Å². The summed E-state index contributed by atoms with van der Waals surface area (Å²) in [6, 6.07) is 0. The van der Waals surface area contributed by atoms with Gasteiger partial charge in [0, 0.05) is 6.42 Å². The van der Waals surface area contributed by atoms with Crippen LogP contribution < -0.4 is 5.73 Å². The molecule has 5 heteroatoms. The lowest BCUT2D eigenvalue weighted by Gasteiger charge is -2.08. The molecule has 0 atom stereocenters. The standard InChI is InChI=1S/C18H30Cl3NO/c19-18(20,21)16-14-12-10-8-6-4-2-1-3-5-7-9-11-13-15-17(22)23/h1-2,6,8H,3-5,7,9-16H2,(H2,22,23)/b2-1-,8-6-. The fourth-order valence-corrected chi connectivity index (χ4v) is 2.59. The van der Waals surface area contributed by atoms with Gasteiger partial charge in [-0.05, 0) is 51.4 Å². The summed E-state index contributed by atoms with van der Waals surface area (Å²) in [5, 5.41) is 0. The molecule has 23 heavy (non-hydrogen) atoms. The van der Waals surface area contributed by atoms with Crippen LogP contribution in [0, 0.1) is 0 Å². The lowest BCUT2D eigenvalue weighted by molar-refractivity contribution is -0.118. The molecule has 0 spiro atoms. The normalized spacial score (nSPS) is 12.5. The van der Waals surface area contributed by atoms with Gasteiger partial charge in [-0.3, -0.25) is 4.79 Å². The largest absolute Gasteiger partial charge is 0.370 e. The van der Waals surface area contributed by atoms with Gasteiger partial charge in [-0.25, -0.2) is 0 Å². The summed E-state index contributed by atoms with van der Waals surface area (Å²) in [6.07, 6.45) is 20.8. The van der Waals surface area contributed by atoms with Gasteiger partial charge in [0.2, 0.25) is 5.91 Å². The number of primary amides is 1. The zero-order valence-corrected chi connectivity index (χ0v) is 16.2. The summed E-state index contributed by atoms with van der Waals surface area (Å²) < 4.78 is -1.10. The van der Waals surface area contributed by atoms with Gasteiger partial charge in [0.25, 0.3) is 0 Å². The zero-order valence-electron chi connectivity index (χ0n) is 13.9. The molecule has 0 aliphatic heterocycles. The molecule has 0 heterocycles. The van der Waals surface area contributed by atoms with Crippen molar-refractivity contribution < 1.29 is 4.79 Å². The van der Waals surface area contributed by atoms with E-state index in [0.717, 1.165) is 44.9 Å². The molecule has 0 saturated heterocycles. The summed E-state index contributed by atoms with van der Waals surface area (Å²) in [5.41, 5.74) is 5.09. The van der Waals surface area contributed by atoms with Crippen molar-refractivity contribution in [3.63, 3.8) is 0 Å². The molecular formula is C18H30Cl3NO. The highest BCUT2D eigenvalue weighted by atomic mass is 35.6. The molecule has 0 aliphatic carbocycles. The van der Waals surface area contributed by atoms with E-state index in [4.69, 9.17) is 40.5 Å². The number of amides is 1. The number of hydrogen-bond acceptors (Lipinski definition) is 1. The number of allylic oxidation sites excluding steroid dienone is 4. The van der Waals surface area contributed by atoms with E-state index in [9.17, 15) is 4.79 Å². The molecule has 0 saturated carbocycles. The lowest BCUT2D eigenvalue weighted by atomic mass is 10.1. The monoisotopic (exact) mass is 381 g/mol. The summed E-state index contributed by atoms with van der Waals surface area (Å²) in [6.45, 7) is 0. The Morgan fingerprint density at radius 3 is 1.87 bits per heavy atom. The van der Waals surface area contributed by atoms with E-state index >= 15 is 0 Å². The van der Waals surface area contributed by atoms with Gasteiger partial charge < -0.3 is 5.73 Å². The Hall–Kier alpha value is -0.180. The van der Waals surface area contributed by atoms with Crippen molar-refractivity contribution in [1.82, 2.24) is 0 Å². The van der Waals surface area contributed by atoms with Crippen LogP contribution in [0.5, 0.6) is 0 Å². The van der Waals surface area contributed by atoms with Crippen molar-refractivity contribution in [2.24, 2.45) is 5.73 Å². The maximum atomic E-state index is 10.6. The minimum Gasteiger partial charge on any atom is -0.370 e. The minimum absolute atomic E-state index is 0.189. The smallest absolute Gasteiger partial charge is 0.217 e. The molecule has 2 nitrogen and oxygen atoms in total. The van der Waals surface area contributed by atoms with Gasteiger partial charge in [0.05, 0.1) is 0 Å². The Labute approximate surface area is 156 Å². The van der Waals surface area contributed by atoms with Gasteiger partial charge in [0.15, 0.2) is 3.79 Å². The molecule has 2 N–H and O–H groups in total. The number of unbranched alkanes of at least 4 members (excludes halogenated alkanes) is 7. The quantitative estimate of drug-likeness (QED) is 0.204. The molecule has 0 rings (SSSR count). The van der Waals surface area contributed by atoms with E-state index in [1.165, 1.54) is 19.3 Å². The summed E-state index contributed by atoms with van der Waals surface area (Å²) in [5.74, 6) is -0.189. The first-order valence-electron chi connectivity index (χ1n) is 8.57. The molecule has 0 radical (unpaired) electrons. The Bertz CT molecular complexity index is 349. The van der Waals surface area contributed by atoms with Crippen molar-refractivity contribution in [3.05, 3.63) is 24.3 Å². The van der Waals surface area contributed by atoms with Crippen molar-refractivity contribution >= 4 is 40.7 Å². The molecular weight excluding hydrogens is 353 g/mol. The Balaban J connectivity index is 3.28. The maximum absolute atomic E-state index is 10.6. The third-order valence-corrected chi connectivity index (χ3v) is 4.05. The SMILES string of the molecule is NC(=O)CCCCCCC/C=C\C/C=C\CCCCC(Cl)(Cl)Cl. The van der Waals surface area contributed by atoms with Crippen LogP contribution in [-0.2, 0) is 4.79 Å². The number of nitrogens with two attached hydrogens (primary N) is 1.